The molecule has 1 aliphatic heterocycles. The average molecular weight is 429 g/mol. The van der Waals surface area contributed by atoms with E-state index in [4.69, 9.17) is 16.3 Å². The molecule has 0 aromatic heterocycles. The highest BCUT2D eigenvalue weighted by Crippen LogP contribution is 2.29. The van der Waals surface area contributed by atoms with Gasteiger partial charge in [-0.2, -0.15) is 0 Å². The first kappa shape index (κ1) is 20.4. The van der Waals surface area contributed by atoms with Crippen LogP contribution in [0.25, 0.3) is 6.08 Å². The Morgan fingerprint density at radius 2 is 1.93 bits per heavy atom. The van der Waals surface area contributed by atoms with Gasteiger partial charge in [-0.25, -0.2) is 9.18 Å². The number of urea groups is 1. The molecule has 1 saturated heterocycles. The maximum Gasteiger partial charge on any atom is 0.329 e. The summed E-state index contributed by atoms with van der Waals surface area (Å²) < 4.78 is 18.9. The molecule has 0 spiro atoms. The summed E-state index contributed by atoms with van der Waals surface area (Å²) in [5.41, 5.74) is 1.61. The number of ether oxygens (including phenoxy) is 1. The Morgan fingerprint density at radius 1 is 1.13 bits per heavy atom. The van der Waals surface area contributed by atoms with E-state index in [2.05, 4.69) is 5.32 Å². The van der Waals surface area contributed by atoms with Gasteiger partial charge >= 0.3 is 6.03 Å². The van der Waals surface area contributed by atoms with E-state index in [0.717, 1.165) is 32.1 Å². The van der Waals surface area contributed by atoms with Crippen LogP contribution in [0.3, 0.4) is 0 Å². The van der Waals surface area contributed by atoms with Gasteiger partial charge in [0.2, 0.25) is 0 Å². The first-order chi connectivity index (χ1) is 14.5. The fourth-order valence-electron chi connectivity index (χ4n) is 3.90. The molecule has 156 valence electrons. The fraction of sp³-hybridized carbons (Fsp3) is 0.304. The Balaban J connectivity index is 1.45. The minimum Gasteiger partial charge on any atom is -0.487 e. The highest BCUT2D eigenvalue weighted by molar-refractivity contribution is 6.32. The number of halogens is 2. The molecule has 1 heterocycles. The number of rotatable bonds is 5. The molecule has 0 bridgehead atoms. The Kier molecular flexibility index (Phi) is 6.04. The highest BCUT2D eigenvalue weighted by atomic mass is 35.5. The number of carbonyl (C=O) groups excluding carboxylic acids is 2. The third kappa shape index (κ3) is 4.49. The van der Waals surface area contributed by atoms with E-state index in [0.29, 0.717) is 21.9 Å². The van der Waals surface area contributed by atoms with Crippen molar-refractivity contribution in [1.29, 1.82) is 0 Å². The Hall–Kier alpha value is -2.86. The highest BCUT2D eigenvalue weighted by Gasteiger charge is 2.38. The van der Waals surface area contributed by atoms with Crippen LogP contribution in [-0.4, -0.2) is 22.9 Å². The van der Waals surface area contributed by atoms with Gasteiger partial charge in [0.05, 0.1) is 5.02 Å². The summed E-state index contributed by atoms with van der Waals surface area (Å²) in [6.45, 7) is 0.183. The van der Waals surface area contributed by atoms with Crippen LogP contribution in [0.4, 0.5) is 9.18 Å². The number of benzene rings is 2. The standard InChI is InChI=1S/C23H22ClFN2O3/c24-19-12-15(9-10-21(19)30-14-16-5-4-6-17(25)11-16)13-20-22(28)27(23(29)26-20)18-7-2-1-3-8-18/h4-6,9-13,18H,1-3,7-8,14H2,(H,26,29)/b20-13-. The summed E-state index contributed by atoms with van der Waals surface area (Å²) in [5.74, 6) is -0.169. The molecule has 0 unspecified atom stereocenters. The van der Waals surface area contributed by atoms with E-state index in [1.165, 1.54) is 17.0 Å². The third-order valence-corrected chi connectivity index (χ3v) is 5.70. The molecule has 1 N–H and O–H groups in total. The predicted molar refractivity (Wildman–Crippen MR) is 112 cm³/mol. The number of amides is 3. The van der Waals surface area contributed by atoms with Crippen molar-refractivity contribution >= 4 is 29.6 Å². The molecule has 2 fully saturated rings. The summed E-state index contributed by atoms with van der Waals surface area (Å²) in [7, 11) is 0. The number of nitrogens with one attached hydrogen (secondary N) is 1. The van der Waals surface area contributed by atoms with E-state index < -0.39 is 0 Å². The summed E-state index contributed by atoms with van der Waals surface area (Å²) in [5, 5.41) is 3.04. The second-order valence-corrected chi connectivity index (χ2v) is 7.97. The molecule has 1 aliphatic carbocycles. The Labute approximate surface area is 179 Å². The second-order valence-electron chi connectivity index (χ2n) is 7.56. The third-order valence-electron chi connectivity index (χ3n) is 5.40. The molecule has 0 radical (unpaired) electrons. The lowest BCUT2D eigenvalue weighted by Gasteiger charge is -2.28. The van der Waals surface area contributed by atoms with Crippen molar-refractivity contribution in [2.24, 2.45) is 0 Å². The van der Waals surface area contributed by atoms with Crippen LogP contribution in [0.15, 0.2) is 48.2 Å². The SMILES string of the molecule is O=C1N/C(=C\c2ccc(OCc3cccc(F)c3)c(Cl)c2)C(=O)N1C1CCCCC1. The molecular formula is C23H22ClFN2O3. The van der Waals surface area contributed by atoms with Crippen LogP contribution in [0.5, 0.6) is 5.75 Å². The van der Waals surface area contributed by atoms with Gasteiger partial charge in [0.15, 0.2) is 0 Å². The Bertz CT molecular complexity index is 1000. The number of nitrogens with zero attached hydrogens (tertiary/aromatic N) is 1. The largest absolute Gasteiger partial charge is 0.487 e. The van der Waals surface area contributed by atoms with Gasteiger partial charge in [-0.15, -0.1) is 0 Å². The lowest BCUT2D eigenvalue weighted by Crippen LogP contribution is -2.41. The van der Waals surface area contributed by atoms with E-state index in [-0.39, 0.29) is 36.1 Å². The maximum absolute atomic E-state index is 13.3. The molecule has 30 heavy (non-hydrogen) atoms. The van der Waals surface area contributed by atoms with Gasteiger partial charge in [0.25, 0.3) is 5.91 Å². The zero-order chi connectivity index (χ0) is 21.1. The molecule has 0 atom stereocenters. The minimum absolute atomic E-state index is 0.0284. The van der Waals surface area contributed by atoms with Gasteiger partial charge in [0, 0.05) is 6.04 Å². The summed E-state index contributed by atoms with van der Waals surface area (Å²) in [6, 6.07) is 10.9. The number of carbonyl (C=O) groups is 2. The normalized spacial score (nSPS) is 18.7. The zero-order valence-corrected chi connectivity index (χ0v) is 17.1. The second kappa shape index (κ2) is 8.88. The topological polar surface area (TPSA) is 58.6 Å². The molecule has 4 rings (SSSR count). The lowest BCUT2D eigenvalue weighted by molar-refractivity contribution is -0.124. The molecule has 1 saturated carbocycles. The molecule has 2 aliphatic rings. The molecule has 3 amide bonds. The van der Waals surface area contributed by atoms with Crippen molar-refractivity contribution in [1.82, 2.24) is 10.2 Å². The van der Waals surface area contributed by atoms with Crippen molar-refractivity contribution in [2.45, 2.75) is 44.8 Å². The molecule has 7 heteroatoms. The van der Waals surface area contributed by atoms with Gasteiger partial charge in [-0.1, -0.05) is 49.1 Å². The van der Waals surface area contributed by atoms with Crippen LogP contribution in [-0.2, 0) is 11.4 Å². The monoisotopic (exact) mass is 428 g/mol. The van der Waals surface area contributed by atoms with Gasteiger partial charge in [0.1, 0.15) is 23.9 Å². The van der Waals surface area contributed by atoms with Crippen molar-refractivity contribution in [2.75, 3.05) is 0 Å². The van der Waals surface area contributed by atoms with Crippen LogP contribution < -0.4 is 10.1 Å². The van der Waals surface area contributed by atoms with Crippen molar-refractivity contribution in [3.05, 3.63) is 70.1 Å². The first-order valence-electron chi connectivity index (χ1n) is 10.0. The molecular weight excluding hydrogens is 407 g/mol. The van der Waals surface area contributed by atoms with Crippen molar-refractivity contribution in [3.63, 3.8) is 0 Å². The zero-order valence-electron chi connectivity index (χ0n) is 16.4. The summed E-state index contributed by atoms with van der Waals surface area (Å²) in [6.07, 6.45) is 6.55. The quantitative estimate of drug-likeness (QED) is 0.520. The van der Waals surface area contributed by atoms with Crippen molar-refractivity contribution < 1.29 is 18.7 Å². The minimum atomic E-state index is -0.362. The van der Waals surface area contributed by atoms with E-state index >= 15 is 0 Å². The number of hydrogen-bond acceptors (Lipinski definition) is 3. The van der Waals surface area contributed by atoms with E-state index in [1.54, 1.807) is 36.4 Å². The molecule has 5 nitrogen and oxygen atoms in total. The van der Waals surface area contributed by atoms with Crippen molar-refractivity contribution in [3.8, 4) is 5.75 Å². The first-order valence-corrected chi connectivity index (χ1v) is 10.4. The van der Waals surface area contributed by atoms with Crippen LogP contribution in [0, 0.1) is 5.82 Å². The molecule has 2 aromatic rings. The van der Waals surface area contributed by atoms with E-state index in [1.807, 2.05) is 0 Å². The smallest absolute Gasteiger partial charge is 0.329 e. The fourth-order valence-corrected chi connectivity index (χ4v) is 4.14. The van der Waals surface area contributed by atoms with Gasteiger partial charge in [-0.05, 0) is 54.3 Å². The maximum atomic E-state index is 13.3. The number of imide groups is 1. The van der Waals surface area contributed by atoms with Gasteiger partial charge in [-0.3, -0.25) is 9.69 Å². The average Bonchev–Trinajstić information content (AvgIpc) is 3.01. The van der Waals surface area contributed by atoms with Gasteiger partial charge < -0.3 is 10.1 Å². The summed E-state index contributed by atoms with van der Waals surface area (Å²) >= 11 is 6.32. The van der Waals surface area contributed by atoms with Crippen LogP contribution in [0.2, 0.25) is 5.02 Å². The molecule has 2 aromatic carbocycles. The van der Waals surface area contributed by atoms with Crippen LogP contribution in [0.1, 0.15) is 43.2 Å². The van der Waals surface area contributed by atoms with Crippen LogP contribution >= 0.6 is 11.6 Å². The van der Waals surface area contributed by atoms with E-state index in [9.17, 15) is 14.0 Å². The summed E-state index contributed by atoms with van der Waals surface area (Å²) in [4.78, 5) is 26.4. The lowest BCUT2D eigenvalue weighted by atomic mass is 9.94. The predicted octanol–water partition coefficient (Wildman–Crippen LogP) is 5.28. The Morgan fingerprint density at radius 3 is 2.67 bits per heavy atom. The number of hydrogen-bond donors (Lipinski definition) is 1.